The van der Waals surface area contributed by atoms with Gasteiger partial charge in [-0.05, 0) is 36.3 Å². The highest BCUT2D eigenvalue weighted by Gasteiger charge is 2.19. The van der Waals surface area contributed by atoms with E-state index in [1.54, 1.807) is 32.4 Å². The van der Waals surface area contributed by atoms with Gasteiger partial charge >= 0.3 is 0 Å². The summed E-state index contributed by atoms with van der Waals surface area (Å²) in [5, 5.41) is 3.16. The van der Waals surface area contributed by atoms with E-state index in [0.29, 0.717) is 11.5 Å². The van der Waals surface area contributed by atoms with E-state index in [0.717, 1.165) is 44.0 Å². The van der Waals surface area contributed by atoms with E-state index in [1.165, 1.54) is 5.56 Å². The molecule has 2 aromatic carbocycles. The second-order valence-corrected chi connectivity index (χ2v) is 7.36. The highest BCUT2D eigenvalue weighted by molar-refractivity contribution is 5.92. The van der Waals surface area contributed by atoms with Crippen molar-refractivity contribution in [2.75, 3.05) is 47.1 Å². The third-order valence-corrected chi connectivity index (χ3v) is 5.14. The SMILES string of the molecule is COc1cc(/C=C/C(=O)NC(CN2CCOCC2)c2ccc(C)cc2)cc(OC)c1. The molecule has 6 heteroatoms. The molecule has 3 rings (SSSR count). The molecule has 6 nitrogen and oxygen atoms in total. The van der Waals surface area contributed by atoms with Gasteiger partial charge in [0.05, 0.1) is 33.5 Å². The number of ether oxygens (including phenoxy) is 3. The van der Waals surface area contributed by atoms with Crippen LogP contribution in [0.1, 0.15) is 22.7 Å². The molecule has 1 saturated heterocycles. The molecule has 1 fully saturated rings. The fourth-order valence-corrected chi connectivity index (χ4v) is 3.39. The second-order valence-electron chi connectivity index (χ2n) is 7.36. The fourth-order valence-electron chi connectivity index (χ4n) is 3.39. The molecule has 0 aromatic heterocycles. The summed E-state index contributed by atoms with van der Waals surface area (Å²) in [5.74, 6) is 1.22. The lowest BCUT2D eigenvalue weighted by molar-refractivity contribution is -0.117. The Bertz CT molecular complexity index is 836. The van der Waals surface area contributed by atoms with Crippen molar-refractivity contribution in [2.45, 2.75) is 13.0 Å². The highest BCUT2D eigenvalue weighted by atomic mass is 16.5. The number of amides is 1. The standard InChI is InChI=1S/C24H30N2O4/c1-18-4-7-20(8-5-18)23(17-26-10-12-30-13-11-26)25-24(27)9-6-19-14-21(28-2)16-22(15-19)29-3/h4-9,14-16,23H,10-13,17H2,1-3H3,(H,25,27)/b9-6+. The van der Waals surface area contributed by atoms with Crippen LogP contribution < -0.4 is 14.8 Å². The van der Waals surface area contributed by atoms with Crippen LogP contribution in [-0.4, -0.2) is 57.9 Å². The molecular weight excluding hydrogens is 380 g/mol. The van der Waals surface area contributed by atoms with Gasteiger partial charge in [0.2, 0.25) is 5.91 Å². The van der Waals surface area contributed by atoms with Crippen molar-refractivity contribution in [2.24, 2.45) is 0 Å². The molecule has 0 radical (unpaired) electrons. The first-order chi connectivity index (χ1) is 14.6. The summed E-state index contributed by atoms with van der Waals surface area (Å²) < 4.78 is 16.0. The zero-order valence-corrected chi connectivity index (χ0v) is 17.9. The lowest BCUT2D eigenvalue weighted by Crippen LogP contribution is -2.42. The van der Waals surface area contributed by atoms with E-state index < -0.39 is 0 Å². The lowest BCUT2D eigenvalue weighted by Gasteiger charge is -2.31. The number of hydrogen-bond donors (Lipinski definition) is 1. The minimum atomic E-state index is -0.143. The van der Waals surface area contributed by atoms with Crippen molar-refractivity contribution in [3.63, 3.8) is 0 Å². The molecule has 1 amide bonds. The number of morpholine rings is 1. The van der Waals surface area contributed by atoms with Crippen molar-refractivity contribution in [1.82, 2.24) is 10.2 Å². The molecule has 160 valence electrons. The summed E-state index contributed by atoms with van der Waals surface area (Å²) in [4.78, 5) is 15.0. The third-order valence-electron chi connectivity index (χ3n) is 5.14. The molecular formula is C24H30N2O4. The third kappa shape index (κ3) is 6.34. The van der Waals surface area contributed by atoms with Crippen LogP contribution in [0.2, 0.25) is 0 Å². The molecule has 1 unspecified atom stereocenters. The average molecular weight is 411 g/mol. The molecule has 30 heavy (non-hydrogen) atoms. The predicted molar refractivity (Wildman–Crippen MR) is 118 cm³/mol. The van der Waals surface area contributed by atoms with E-state index in [4.69, 9.17) is 14.2 Å². The average Bonchev–Trinajstić information content (AvgIpc) is 2.78. The minimum Gasteiger partial charge on any atom is -0.497 e. The van der Waals surface area contributed by atoms with Gasteiger partial charge in [-0.1, -0.05) is 29.8 Å². The summed E-state index contributed by atoms with van der Waals surface area (Å²) in [6.07, 6.45) is 3.32. The van der Waals surface area contributed by atoms with Crippen molar-refractivity contribution >= 4 is 12.0 Å². The van der Waals surface area contributed by atoms with Gasteiger partial charge in [0.25, 0.3) is 0 Å². The summed E-state index contributed by atoms with van der Waals surface area (Å²) in [6.45, 7) is 6.01. The number of carbonyl (C=O) groups excluding carboxylic acids is 1. The maximum absolute atomic E-state index is 12.7. The Hall–Kier alpha value is -2.83. The van der Waals surface area contributed by atoms with Crippen molar-refractivity contribution in [3.8, 4) is 11.5 Å². The van der Waals surface area contributed by atoms with E-state index in [9.17, 15) is 4.79 Å². The first-order valence-electron chi connectivity index (χ1n) is 10.2. The van der Waals surface area contributed by atoms with Gasteiger partial charge in [-0.25, -0.2) is 0 Å². The Morgan fingerprint density at radius 1 is 1.10 bits per heavy atom. The molecule has 0 saturated carbocycles. The Labute approximate surface area is 178 Å². The van der Waals surface area contributed by atoms with Gasteiger partial charge in [-0.3, -0.25) is 9.69 Å². The van der Waals surface area contributed by atoms with Crippen molar-refractivity contribution in [1.29, 1.82) is 0 Å². The number of carbonyl (C=O) groups is 1. The molecule has 1 heterocycles. The van der Waals surface area contributed by atoms with E-state index in [1.807, 2.05) is 12.1 Å². The van der Waals surface area contributed by atoms with Crippen LogP contribution in [0, 0.1) is 6.92 Å². The molecule has 1 N–H and O–H groups in total. The van der Waals surface area contributed by atoms with Crippen molar-refractivity contribution in [3.05, 3.63) is 65.2 Å². The summed E-state index contributed by atoms with van der Waals surface area (Å²) in [7, 11) is 3.21. The minimum absolute atomic E-state index is 0.0966. The normalized spacial score (nSPS) is 15.7. The van der Waals surface area contributed by atoms with Crippen LogP contribution in [0.3, 0.4) is 0 Å². The number of rotatable bonds is 8. The van der Waals surface area contributed by atoms with Crippen LogP contribution in [0.4, 0.5) is 0 Å². The maximum Gasteiger partial charge on any atom is 0.244 e. The summed E-state index contributed by atoms with van der Waals surface area (Å²) in [5.41, 5.74) is 3.13. The Morgan fingerprint density at radius 2 is 1.73 bits per heavy atom. The van der Waals surface area contributed by atoms with Crippen LogP contribution in [-0.2, 0) is 9.53 Å². The largest absolute Gasteiger partial charge is 0.497 e. The van der Waals surface area contributed by atoms with Crippen LogP contribution in [0.25, 0.3) is 6.08 Å². The zero-order chi connectivity index (χ0) is 21.3. The van der Waals surface area contributed by atoms with Gasteiger partial charge in [0, 0.05) is 31.8 Å². The Kier molecular flexibility index (Phi) is 7.88. The van der Waals surface area contributed by atoms with E-state index >= 15 is 0 Å². The number of aryl methyl sites for hydroxylation is 1. The molecule has 0 bridgehead atoms. The first-order valence-corrected chi connectivity index (χ1v) is 10.2. The number of nitrogens with one attached hydrogen (secondary N) is 1. The predicted octanol–water partition coefficient (Wildman–Crippen LogP) is 3.22. The van der Waals surface area contributed by atoms with Crippen LogP contribution in [0.15, 0.2) is 48.5 Å². The van der Waals surface area contributed by atoms with Crippen LogP contribution in [0.5, 0.6) is 11.5 Å². The number of benzene rings is 2. The maximum atomic E-state index is 12.7. The molecule has 1 atom stereocenters. The lowest BCUT2D eigenvalue weighted by atomic mass is 10.0. The van der Waals surface area contributed by atoms with Gasteiger partial charge < -0.3 is 19.5 Å². The topological polar surface area (TPSA) is 60.0 Å². The summed E-state index contributed by atoms with van der Waals surface area (Å²) >= 11 is 0. The van der Waals surface area contributed by atoms with Crippen molar-refractivity contribution < 1.29 is 19.0 Å². The fraction of sp³-hybridized carbons (Fsp3) is 0.375. The number of hydrogen-bond acceptors (Lipinski definition) is 5. The first kappa shape index (κ1) is 21.9. The zero-order valence-electron chi connectivity index (χ0n) is 17.9. The number of nitrogens with zero attached hydrogens (tertiary/aromatic N) is 1. The summed E-state index contributed by atoms with van der Waals surface area (Å²) in [6, 6.07) is 13.7. The molecule has 0 aliphatic carbocycles. The van der Waals surface area contributed by atoms with E-state index in [2.05, 4.69) is 41.4 Å². The second kappa shape index (κ2) is 10.8. The Morgan fingerprint density at radius 3 is 2.33 bits per heavy atom. The van der Waals surface area contributed by atoms with Gasteiger partial charge in [0.15, 0.2) is 0 Å². The van der Waals surface area contributed by atoms with Crippen LogP contribution >= 0.6 is 0 Å². The highest BCUT2D eigenvalue weighted by Crippen LogP contribution is 2.23. The van der Waals surface area contributed by atoms with Gasteiger partial charge in [-0.2, -0.15) is 0 Å². The molecule has 1 aliphatic heterocycles. The monoisotopic (exact) mass is 410 g/mol. The van der Waals surface area contributed by atoms with Gasteiger partial charge in [0.1, 0.15) is 11.5 Å². The number of methoxy groups -OCH3 is 2. The molecule has 2 aromatic rings. The smallest absolute Gasteiger partial charge is 0.244 e. The van der Waals surface area contributed by atoms with Gasteiger partial charge in [-0.15, -0.1) is 0 Å². The molecule has 0 spiro atoms. The quantitative estimate of drug-likeness (QED) is 0.677. The Balaban J connectivity index is 1.72. The van der Waals surface area contributed by atoms with E-state index in [-0.39, 0.29) is 11.9 Å². The molecule has 1 aliphatic rings.